The van der Waals surface area contributed by atoms with Crippen molar-refractivity contribution in [2.45, 2.75) is 42.2 Å². The van der Waals surface area contributed by atoms with Crippen LogP contribution in [0.15, 0.2) is 53.6 Å². The van der Waals surface area contributed by atoms with Crippen LogP contribution in [-0.2, 0) is 20.2 Å². The first-order valence-electron chi connectivity index (χ1n) is 16.2. The first-order chi connectivity index (χ1) is 23.9. The second kappa shape index (κ2) is 13.9. The van der Waals surface area contributed by atoms with Crippen molar-refractivity contribution in [2.24, 2.45) is 0 Å². The highest BCUT2D eigenvalue weighted by Crippen LogP contribution is 2.55. The zero-order valence-corrected chi connectivity index (χ0v) is 29.7. The number of benzene rings is 2. The number of hydrogen-bond donors (Lipinski definition) is 1. The van der Waals surface area contributed by atoms with E-state index < -0.39 is 44.2 Å². The van der Waals surface area contributed by atoms with Crippen LogP contribution in [-0.4, -0.2) is 118 Å². The van der Waals surface area contributed by atoms with Crippen molar-refractivity contribution in [3.05, 3.63) is 70.6 Å². The third-order valence-corrected chi connectivity index (χ3v) is 12.0. The highest BCUT2D eigenvalue weighted by molar-refractivity contribution is 7.93. The predicted octanol–water partition coefficient (Wildman–Crippen LogP) is 4.07. The molecule has 3 aliphatic rings. The molecule has 2 atom stereocenters. The lowest BCUT2D eigenvalue weighted by Gasteiger charge is -2.50. The van der Waals surface area contributed by atoms with Gasteiger partial charge in [0.25, 0.3) is 15.9 Å². The summed E-state index contributed by atoms with van der Waals surface area (Å²) in [5, 5.41) is 10.3. The molecule has 2 saturated heterocycles. The van der Waals surface area contributed by atoms with Gasteiger partial charge in [-0.05, 0) is 64.2 Å². The molecule has 0 aliphatic carbocycles. The molecule has 16 heteroatoms. The van der Waals surface area contributed by atoms with Gasteiger partial charge in [-0.15, -0.1) is 0 Å². The minimum Gasteiger partial charge on any atom is -0.497 e. The first-order valence-corrected chi connectivity index (χ1v) is 18.0. The molecule has 13 nitrogen and oxygen atoms in total. The number of amides is 2. The number of carbonyl (C=O) groups is 2. The maximum absolute atomic E-state index is 15.6. The number of rotatable bonds is 9. The Kier molecular flexibility index (Phi) is 9.87. The Balaban J connectivity index is 1.65. The number of ether oxygens (including phenoxy) is 3. The molecule has 1 aromatic heterocycles. The SMILES string of the molecule is CCOc1ncccc1C1(C2CN(C3CCN(C)CC3)CCN2C(=O)O)C(=O)N(S(=O)(=O)c2ccc(OC)cc2OC)c2cc(F)c(Cl)cc21. The Labute approximate surface area is 295 Å². The van der Waals surface area contributed by atoms with Gasteiger partial charge in [-0.2, -0.15) is 0 Å². The molecule has 0 spiro atoms. The fourth-order valence-corrected chi connectivity index (χ4v) is 9.30. The van der Waals surface area contributed by atoms with Gasteiger partial charge < -0.3 is 29.1 Å². The van der Waals surface area contributed by atoms with Crippen LogP contribution in [0.5, 0.6) is 17.4 Å². The van der Waals surface area contributed by atoms with Crippen LogP contribution < -0.4 is 18.5 Å². The van der Waals surface area contributed by atoms with E-state index in [0.29, 0.717) is 16.6 Å². The number of piperidine rings is 1. The minimum atomic E-state index is -4.87. The zero-order chi connectivity index (χ0) is 36.0. The van der Waals surface area contributed by atoms with Crippen LogP contribution in [0.2, 0.25) is 5.02 Å². The molecule has 0 radical (unpaired) electrons. The third kappa shape index (κ3) is 5.79. The van der Waals surface area contributed by atoms with Crippen molar-refractivity contribution < 1.29 is 41.7 Å². The maximum Gasteiger partial charge on any atom is 0.407 e. The number of carboxylic acid groups (broad SMARTS) is 1. The van der Waals surface area contributed by atoms with Crippen molar-refractivity contribution in [2.75, 3.05) is 64.9 Å². The summed E-state index contributed by atoms with van der Waals surface area (Å²) in [5.41, 5.74) is -2.30. The van der Waals surface area contributed by atoms with E-state index >= 15 is 9.18 Å². The largest absolute Gasteiger partial charge is 0.497 e. The lowest BCUT2D eigenvalue weighted by Crippen LogP contribution is -2.67. The van der Waals surface area contributed by atoms with Gasteiger partial charge in [0.15, 0.2) is 0 Å². The zero-order valence-electron chi connectivity index (χ0n) is 28.1. The van der Waals surface area contributed by atoms with E-state index in [-0.39, 0.29) is 59.2 Å². The molecule has 268 valence electrons. The summed E-state index contributed by atoms with van der Waals surface area (Å²) < 4.78 is 62.2. The summed E-state index contributed by atoms with van der Waals surface area (Å²) in [4.78, 5) is 38.3. The van der Waals surface area contributed by atoms with Crippen LogP contribution in [0.1, 0.15) is 30.9 Å². The summed E-state index contributed by atoms with van der Waals surface area (Å²) in [6.07, 6.45) is 1.79. The summed E-state index contributed by atoms with van der Waals surface area (Å²) in [6, 6.07) is 8.07. The highest BCUT2D eigenvalue weighted by atomic mass is 35.5. The number of fused-ring (bicyclic) bond motifs is 1. The second-order valence-electron chi connectivity index (χ2n) is 12.5. The fourth-order valence-electron chi connectivity index (χ4n) is 7.53. The van der Waals surface area contributed by atoms with E-state index in [4.69, 9.17) is 25.8 Å². The van der Waals surface area contributed by atoms with Gasteiger partial charge in [0.05, 0.1) is 37.6 Å². The van der Waals surface area contributed by atoms with Crippen molar-refractivity contribution in [1.29, 1.82) is 0 Å². The van der Waals surface area contributed by atoms with Crippen LogP contribution >= 0.6 is 11.6 Å². The number of likely N-dealkylation sites (tertiary alicyclic amines) is 1. The van der Waals surface area contributed by atoms with Crippen molar-refractivity contribution in [3.63, 3.8) is 0 Å². The molecule has 2 unspecified atom stereocenters. The Morgan fingerprint density at radius 3 is 2.48 bits per heavy atom. The van der Waals surface area contributed by atoms with Gasteiger partial charge in [-0.25, -0.2) is 26.9 Å². The molecule has 2 aromatic carbocycles. The molecular formula is C34H39ClFN5O8S. The molecule has 50 heavy (non-hydrogen) atoms. The van der Waals surface area contributed by atoms with E-state index in [1.807, 2.05) is 7.05 Å². The molecular weight excluding hydrogens is 693 g/mol. The summed E-state index contributed by atoms with van der Waals surface area (Å²) >= 11 is 6.44. The van der Waals surface area contributed by atoms with Gasteiger partial charge in [-0.1, -0.05) is 17.7 Å². The smallest absolute Gasteiger partial charge is 0.407 e. The predicted molar refractivity (Wildman–Crippen MR) is 182 cm³/mol. The third-order valence-electron chi connectivity index (χ3n) is 9.93. The number of nitrogens with zero attached hydrogens (tertiary/aromatic N) is 5. The highest BCUT2D eigenvalue weighted by Gasteiger charge is 2.64. The monoisotopic (exact) mass is 731 g/mol. The molecule has 2 fully saturated rings. The van der Waals surface area contributed by atoms with Gasteiger partial charge in [0.2, 0.25) is 5.88 Å². The number of anilines is 1. The molecule has 0 bridgehead atoms. The number of sulfonamides is 1. The summed E-state index contributed by atoms with van der Waals surface area (Å²) in [6.45, 7) is 4.00. The number of hydrogen-bond acceptors (Lipinski definition) is 10. The lowest BCUT2D eigenvalue weighted by molar-refractivity contribution is -0.124. The van der Waals surface area contributed by atoms with E-state index in [1.54, 1.807) is 19.1 Å². The van der Waals surface area contributed by atoms with Crippen LogP contribution in [0.4, 0.5) is 14.9 Å². The molecule has 3 aromatic rings. The Morgan fingerprint density at radius 2 is 1.82 bits per heavy atom. The van der Waals surface area contributed by atoms with Crippen molar-refractivity contribution in [3.8, 4) is 17.4 Å². The van der Waals surface area contributed by atoms with Gasteiger partial charge in [0, 0.05) is 55.1 Å². The van der Waals surface area contributed by atoms with Crippen LogP contribution in [0.25, 0.3) is 0 Å². The van der Waals surface area contributed by atoms with Crippen molar-refractivity contribution >= 4 is 39.3 Å². The first kappa shape index (κ1) is 35.6. The van der Waals surface area contributed by atoms with E-state index in [9.17, 15) is 18.3 Å². The Hall–Kier alpha value is -4.18. The maximum atomic E-state index is 15.6. The van der Waals surface area contributed by atoms with Crippen LogP contribution in [0.3, 0.4) is 0 Å². The molecule has 1 N–H and O–H groups in total. The normalized spacial score (nSPS) is 22.0. The van der Waals surface area contributed by atoms with Gasteiger partial charge >= 0.3 is 6.09 Å². The minimum absolute atomic E-state index is 0.000356. The molecule has 3 aliphatic heterocycles. The Bertz CT molecular complexity index is 1910. The fraction of sp³-hybridized carbons (Fsp3) is 0.441. The van der Waals surface area contributed by atoms with Crippen molar-refractivity contribution in [1.82, 2.24) is 19.7 Å². The average Bonchev–Trinajstić information content (AvgIpc) is 3.36. The number of aromatic nitrogens is 1. The average molecular weight is 732 g/mol. The summed E-state index contributed by atoms with van der Waals surface area (Å²) in [7, 11) is -0.159. The standard InChI is InChI=1S/C34H39ClFN5O8S/c1-5-49-31-23(7-6-12-37-31)34(30-20-39(15-16-40(30)33(43)44)21-10-13-38(2)14-11-21)24-18-25(35)26(36)19-27(24)41(32(34)42)50(45,46)29-9-8-22(47-3)17-28(29)48-4/h6-9,12,17-19,21,30H,5,10-11,13-16,20H2,1-4H3,(H,43,44). The second-order valence-corrected chi connectivity index (χ2v) is 14.7. The lowest BCUT2D eigenvalue weighted by atomic mass is 9.68. The molecule has 4 heterocycles. The molecule has 2 amide bonds. The van der Waals surface area contributed by atoms with Gasteiger partial charge in [0.1, 0.15) is 27.6 Å². The van der Waals surface area contributed by atoms with Crippen LogP contribution in [0, 0.1) is 5.82 Å². The number of pyridine rings is 1. The summed E-state index contributed by atoms with van der Waals surface area (Å²) in [5.74, 6) is -1.84. The van der Waals surface area contributed by atoms with E-state index in [0.717, 1.165) is 36.9 Å². The Morgan fingerprint density at radius 1 is 1.08 bits per heavy atom. The topological polar surface area (TPSA) is 142 Å². The quantitative estimate of drug-likeness (QED) is 0.341. The molecule has 0 saturated carbocycles. The number of halogens is 2. The van der Waals surface area contributed by atoms with E-state index in [1.165, 1.54) is 44.7 Å². The van der Waals surface area contributed by atoms with E-state index in [2.05, 4.69) is 14.8 Å². The molecule has 6 rings (SSSR count). The number of methoxy groups -OCH3 is 2. The number of piperazine rings is 1. The van der Waals surface area contributed by atoms with Gasteiger partial charge in [-0.3, -0.25) is 9.69 Å². The number of carbonyl (C=O) groups excluding carboxylic acids is 1.